The lowest BCUT2D eigenvalue weighted by Crippen LogP contribution is -2.38. The summed E-state index contributed by atoms with van der Waals surface area (Å²) in [5.74, 6) is -3.27. The molecule has 0 unspecified atom stereocenters. The molecule has 5 N–H and O–H groups in total. The highest BCUT2D eigenvalue weighted by Gasteiger charge is 2.34. The standard InChI is InChI=1S/C36H44ClN3O9/c1-19-13-25-30(40-35(45)24-11-8-10-23(16-24)18-37)27(41)17-26(32(25)43)39-34(44)20(2)9-7-12-28(47-5)33(49-36(38)46)22(4)15-21(3)31(42)29(14-19)48-6/h7-12,15-17,19,21,28-29,31,33,42H,13-14,18H2,1-6H3,(H2,38,46)(H,39,44)(H,40,45)/b12-7-,20-9-,22-15-/t19-,21+,28-,29-,31+,33-/m1/s1. The van der Waals surface area contributed by atoms with E-state index in [1.165, 1.54) is 33.3 Å². The molecule has 1 aliphatic heterocycles. The summed E-state index contributed by atoms with van der Waals surface area (Å²) in [6.07, 6.45) is 2.93. The molecule has 12 nitrogen and oxygen atoms in total. The highest BCUT2D eigenvalue weighted by Crippen LogP contribution is 2.29. The SMILES string of the molecule is CO[C@@H]1/C=C\C=C(\C)C(=O)NC2=CC(=O)C(NC(=O)c3cccc(CCl)c3)=C(C[C@@H](C)C[C@@H](OC)[C@@H](O)[C@@H](C)/C=C(/C)[C@H]1OC(N)=O)C2=O. The molecule has 0 saturated carbocycles. The molecular weight excluding hydrogens is 654 g/mol. The van der Waals surface area contributed by atoms with E-state index in [-0.39, 0.29) is 52.7 Å². The Bertz CT molecular complexity index is 1610. The molecule has 0 fully saturated rings. The van der Waals surface area contributed by atoms with Crippen LogP contribution >= 0.6 is 11.6 Å². The van der Waals surface area contributed by atoms with Crippen molar-refractivity contribution in [3.05, 3.63) is 93.9 Å². The average Bonchev–Trinajstić information content (AvgIpc) is 3.07. The third kappa shape index (κ3) is 10.3. The molecule has 0 saturated heterocycles. The summed E-state index contributed by atoms with van der Waals surface area (Å²) in [6, 6.07) is 6.55. The number of carbonyl (C=O) groups excluding carboxylic acids is 5. The van der Waals surface area contributed by atoms with Crippen LogP contribution in [0, 0.1) is 11.8 Å². The van der Waals surface area contributed by atoms with E-state index in [9.17, 15) is 29.1 Å². The molecule has 1 aliphatic carbocycles. The van der Waals surface area contributed by atoms with Crippen molar-refractivity contribution in [2.24, 2.45) is 17.6 Å². The zero-order valence-electron chi connectivity index (χ0n) is 28.5. The summed E-state index contributed by atoms with van der Waals surface area (Å²) in [6.45, 7) is 6.81. The van der Waals surface area contributed by atoms with Crippen molar-refractivity contribution in [3.63, 3.8) is 0 Å². The lowest BCUT2D eigenvalue weighted by atomic mass is 9.85. The van der Waals surface area contributed by atoms with Crippen LogP contribution in [0.2, 0.25) is 0 Å². The van der Waals surface area contributed by atoms with Crippen LogP contribution in [0.15, 0.2) is 82.8 Å². The number of ether oxygens (including phenoxy) is 3. The van der Waals surface area contributed by atoms with Crippen LogP contribution in [-0.4, -0.2) is 73.2 Å². The maximum atomic E-state index is 13.9. The van der Waals surface area contributed by atoms with E-state index in [2.05, 4.69) is 10.6 Å². The number of methoxy groups -OCH3 is 2. The minimum Gasteiger partial charge on any atom is -0.439 e. The number of hydrogen-bond acceptors (Lipinski definition) is 9. The Kier molecular flexibility index (Phi) is 14.3. The molecule has 2 bridgehead atoms. The number of allylic oxidation sites excluding steroid dienone is 4. The number of nitrogens with one attached hydrogen (secondary N) is 2. The van der Waals surface area contributed by atoms with Crippen LogP contribution in [0.25, 0.3) is 0 Å². The highest BCUT2D eigenvalue weighted by molar-refractivity contribution is 6.24. The molecule has 6 atom stereocenters. The number of aliphatic hydroxyl groups excluding tert-OH is 1. The number of rotatable bonds is 6. The normalized spacial score (nSPS) is 28.7. The second-order valence-corrected chi connectivity index (χ2v) is 12.5. The third-order valence-corrected chi connectivity index (χ3v) is 8.68. The number of benzene rings is 1. The number of halogens is 1. The van der Waals surface area contributed by atoms with Crippen molar-refractivity contribution in [2.45, 2.75) is 70.8 Å². The van der Waals surface area contributed by atoms with Gasteiger partial charge in [0.25, 0.3) is 11.8 Å². The lowest BCUT2D eigenvalue weighted by molar-refractivity contribution is -0.120. The topological polar surface area (TPSA) is 183 Å². The summed E-state index contributed by atoms with van der Waals surface area (Å²) in [4.78, 5) is 65.6. The van der Waals surface area contributed by atoms with Gasteiger partial charge in [0.1, 0.15) is 6.10 Å². The van der Waals surface area contributed by atoms with Gasteiger partial charge in [0.2, 0.25) is 11.6 Å². The van der Waals surface area contributed by atoms with Crippen LogP contribution in [0.1, 0.15) is 56.5 Å². The zero-order valence-corrected chi connectivity index (χ0v) is 29.2. The van der Waals surface area contributed by atoms with Crippen LogP contribution in [0.3, 0.4) is 0 Å². The maximum Gasteiger partial charge on any atom is 0.405 e. The third-order valence-electron chi connectivity index (χ3n) is 8.38. The number of carbonyl (C=O) groups is 5. The Balaban J connectivity index is 2.10. The summed E-state index contributed by atoms with van der Waals surface area (Å²) in [5, 5.41) is 16.5. The van der Waals surface area contributed by atoms with E-state index in [4.69, 9.17) is 31.5 Å². The first-order valence-electron chi connectivity index (χ1n) is 15.7. The fourth-order valence-electron chi connectivity index (χ4n) is 5.70. The predicted octanol–water partition coefficient (Wildman–Crippen LogP) is 3.93. The molecule has 1 heterocycles. The van der Waals surface area contributed by atoms with Gasteiger partial charge in [-0.25, -0.2) is 4.79 Å². The smallest absolute Gasteiger partial charge is 0.405 e. The van der Waals surface area contributed by atoms with Gasteiger partial charge >= 0.3 is 6.09 Å². The number of hydrogen-bond donors (Lipinski definition) is 4. The monoisotopic (exact) mass is 697 g/mol. The lowest BCUT2D eigenvalue weighted by Gasteiger charge is -2.30. The number of fused-ring (bicyclic) bond motifs is 2. The van der Waals surface area contributed by atoms with Crippen molar-refractivity contribution in [1.29, 1.82) is 0 Å². The fraction of sp³-hybridized carbons (Fsp3) is 0.417. The summed E-state index contributed by atoms with van der Waals surface area (Å²) >= 11 is 5.94. The van der Waals surface area contributed by atoms with Gasteiger partial charge in [-0.05, 0) is 55.9 Å². The highest BCUT2D eigenvalue weighted by atomic mass is 35.5. The van der Waals surface area contributed by atoms with E-state index < -0.39 is 59.8 Å². The van der Waals surface area contributed by atoms with Crippen molar-refractivity contribution >= 4 is 41.1 Å². The van der Waals surface area contributed by atoms with Gasteiger partial charge in [0, 0.05) is 48.8 Å². The molecule has 49 heavy (non-hydrogen) atoms. The zero-order chi connectivity index (χ0) is 36.4. The first-order chi connectivity index (χ1) is 23.2. The summed E-state index contributed by atoms with van der Waals surface area (Å²) < 4.78 is 16.6. The molecule has 2 aliphatic rings. The largest absolute Gasteiger partial charge is 0.439 e. The van der Waals surface area contributed by atoms with Gasteiger partial charge in [0.15, 0.2) is 6.10 Å². The Morgan fingerprint density at radius 1 is 1.12 bits per heavy atom. The maximum absolute atomic E-state index is 13.9. The quantitative estimate of drug-likeness (QED) is 0.194. The number of amides is 3. The van der Waals surface area contributed by atoms with Crippen LogP contribution in [-0.2, 0) is 34.5 Å². The molecule has 3 rings (SSSR count). The Labute approximate surface area is 291 Å². The van der Waals surface area contributed by atoms with Gasteiger partial charge < -0.3 is 35.7 Å². The number of ketones is 2. The molecule has 13 heteroatoms. The number of Topliss-reactive ketones (excluding diaryl/α,β-unsaturated/α-hetero) is 1. The van der Waals surface area contributed by atoms with E-state index in [0.29, 0.717) is 11.1 Å². The van der Waals surface area contributed by atoms with E-state index in [0.717, 1.165) is 6.08 Å². The van der Waals surface area contributed by atoms with Gasteiger partial charge in [-0.1, -0.05) is 50.3 Å². The molecule has 1 aromatic carbocycles. The Morgan fingerprint density at radius 3 is 2.47 bits per heavy atom. The van der Waals surface area contributed by atoms with Crippen molar-refractivity contribution in [3.8, 4) is 0 Å². The molecule has 0 spiro atoms. The van der Waals surface area contributed by atoms with Crippen LogP contribution < -0.4 is 16.4 Å². The summed E-state index contributed by atoms with van der Waals surface area (Å²) in [7, 11) is 2.86. The van der Waals surface area contributed by atoms with Crippen molar-refractivity contribution < 1.29 is 43.3 Å². The van der Waals surface area contributed by atoms with E-state index >= 15 is 0 Å². The predicted molar refractivity (Wildman–Crippen MR) is 183 cm³/mol. The van der Waals surface area contributed by atoms with Crippen LogP contribution in [0.5, 0.6) is 0 Å². The molecule has 264 valence electrons. The second-order valence-electron chi connectivity index (χ2n) is 12.2. The van der Waals surface area contributed by atoms with E-state index in [1.807, 2.05) is 6.92 Å². The van der Waals surface area contributed by atoms with Gasteiger partial charge in [-0.15, -0.1) is 11.6 Å². The molecular formula is C36H44ClN3O9. The van der Waals surface area contributed by atoms with Crippen molar-refractivity contribution in [2.75, 3.05) is 14.2 Å². The molecule has 0 radical (unpaired) electrons. The first kappa shape index (κ1) is 39.1. The number of nitrogens with two attached hydrogens (primary N) is 1. The van der Waals surface area contributed by atoms with Crippen LogP contribution in [0.4, 0.5) is 4.79 Å². The number of primary amides is 1. The molecule has 1 aromatic rings. The molecule has 3 amide bonds. The minimum atomic E-state index is -1.04. The fourth-order valence-corrected chi connectivity index (χ4v) is 5.87. The Morgan fingerprint density at radius 2 is 1.84 bits per heavy atom. The van der Waals surface area contributed by atoms with Crippen molar-refractivity contribution in [1.82, 2.24) is 10.6 Å². The van der Waals surface area contributed by atoms with E-state index in [1.54, 1.807) is 50.3 Å². The van der Waals surface area contributed by atoms with Gasteiger partial charge in [0.05, 0.1) is 23.6 Å². The number of aliphatic hydroxyl groups is 1. The summed E-state index contributed by atoms with van der Waals surface area (Å²) in [5.41, 5.74) is 6.57. The minimum absolute atomic E-state index is 0.000830. The number of alkyl halides is 1. The first-order valence-corrected chi connectivity index (χ1v) is 16.3. The van der Waals surface area contributed by atoms with Gasteiger partial charge in [-0.2, -0.15) is 0 Å². The van der Waals surface area contributed by atoms with Gasteiger partial charge in [-0.3, -0.25) is 19.2 Å². The molecule has 0 aromatic heterocycles. The Hall–Kier alpha value is -4.36. The second kappa shape index (κ2) is 17.9. The average molecular weight is 698 g/mol.